The average molecular weight is 407 g/mol. The van der Waals surface area contributed by atoms with Crippen molar-refractivity contribution in [2.24, 2.45) is 0 Å². The van der Waals surface area contributed by atoms with E-state index in [0.717, 1.165) is 25.5 Å². The van der Waals surface area contributed by atoms with Crippen molar-refractivity contribution in [2.75, 3.05) is 13.7 Å². The normalized spacial score (nSPS) is 14.3. The highest BCUT2D eigenvalue weighted by atomic mass is 19.4. The first-order chi connectivity index (χ1) is 13.7. The number of benzene rings is 2. The van der Waals surface area contributed by atoms with Gasteiger partial charge in [-0.1, -0.05) is 19.1 Å². The highest BCUT2D eigenvalue weighted by molar-refractivity contribution is 5.77. The van der Waals surface area contributed by atoms with Crippen molar-refractivity contribution in [2.45, 2.75) is 44.9 Å². The molecule has 0 unspecified atom stereocenters. The number of nitrogens with zero attached hydrogens (tertiary/aromatic N) is 1. The van der Waals surface area contributed by atoms with Crippen LogP contribution in [0.15, 0.2) is 36.4 Å². The Morgan fingerprint density at radius 3 is 2.45 bits per heavy atom. The second-order valence-corrected chi connectivity index (χ2v) is 7.27. The molecule has 156 valence electrons. The SMILES string of the molecule is CCN(Cc1cc(C(F)(F)F)ccc1-c1cc(CC(=O)O)ccc1OC)C1CC1. The van der Waals surface area contributed by atoms with Gasteiger partial charge >= 0.3 is 12.1 Å². The first-order valence-electron chi connectivity index (χ1n) is 9.56. The second kappa shape index (κ2) is 8.45. The van der Waals surface area contributed by atoms with Crippen molar-refractivity contribution in [3.8, 4) is 16.9 Å². The van der Waals surface area contributed by atoms with Gasteiger partial charge in [-0.05, 0) is 60.3 Å². The van der Waals surface area contributed by atoms with Gasteiger partial charge in [0, 0.05) is 18.2 Å². The third-order valence-corrected chi connectivity index (χ3v) is 5.18. The van der Waals surface area contributed by atoms with Crippen LogP contribution in [0.2, 0.25) is 0 Å². The summed E-state index contributed by atoms with van der Waals surface area (Å²) >= 11 is 0. The minimum atomic E-state index is -4.43. The van der Waals surface area contributed by atoms with Crippen molar-refractivity contribution >= 4 is 5.97 Å². The van der Waals surface area contributed by atoms with Crippen LogP contribution in [-0.4, -0.2) is 35.7 Å². The molecule has 1 aliphatic carbocycles. The second-order valence-electron chi connectivity index (χ2n) is 7.27. The molecule has 0 heterocycles. The van der Waals surface area contributed by atoms with Crippen molar-refractivity contribution in [3.05, 3.63) is 53.1 Å². The Labute approximate surface area is 167 Å². The number of ether oxygens (including phenoxy) is 1. The molecule has 0 bridgehead atoms. The molecule has 4 nitrogen and oxygen atoms in total. The van der Waals surface area contributed by atoms with Gasteiger partial charge in [-0.25, -0.2) is 0 Å². The zero-order valence-electron chi connectivity index (χ0n) is 16.4. The Balaban J connectivity index is 2.10. The van der Waals surface area contributed by atoms with E-state index in [-0.39, 0.29) is 6.42 Å². The number of hydrogen-bond acceptors (Lipinski definition) is 3. The van der Waals surface area contributed by atoms with Gasteiger partial charge in [-0.2, -0.15) is 13.2 Å². The minimum Gasteiger partial charge on any atom is -0.496 e. The standard InChI is InChI=1S/C22H24F3NO3/c1-3-26(17-6-7-17)13-15-12-16(22(23,24)25)5-8-18(15)19-10-14(11-21(27)28)4-9-20(19)29-2/h4-5,8-10,12,17H,3,6-7,11,13H2,1-2H3,(H,27,28). The van der Waals surface area contributed by atoms with Crippen LogP contribution in [0.1, 0.15) is 36.5 Å². The lowest BCUT2D eigenvalue weighted by Crippen LogP contribution is -2.25. The number of rotatable bonds is 8. The number of carboxylic acid groups (broad SMARTS) is 1. The molecule has 0 aromatic heterocycles. The first-order valence-corrected chi connectivity index (χ1v) is 9.56. The van der Waals surface area contributed by atoms with Gasteiger partial charge in [-0.15, -0.1) is 0 Å². The van der Waals surface area contributed by atoms with Crippen LogP contribution in [0.3, 0.4) is 0 Å². The highest BCUT2D eigenvalue weighted by Crippen LogP contribution is 2.39. The molecule has 7 heteroatoms. The van der Waals surface area contributed by atoms with Gasteiger partial charge in [-0.3, -0.25) is 9.69 Å². The van der Waals surface area contributed by atoms with E-state index < -0.39 is 17.7 Å². The number of carboxylic acids is 1. The maximum absolute atomic E-state index is 13.3. The van der Waals surface area contributed by atoms with Crippen LogP contribution in [0.5, 0.6) is 5.75 Å². The summed E-state index contributed by atoms with van der Waals surface area (Å²) in [6.07, 6.45) is -2.49. The summed E-state index contributed by atoms with van der Waals surface area (Å²) in [5.41, 5.74) is 1.65. The molecule has 0 aliphatic heterocycles. The Kier molecular flexibility index (Phi) is 6.17. The number of carbonyl (C=O) groups is 1. The van der Waals surface area contributed by atoms with E-state index in [4.69, 9.17) is 9.84 Å². The van der Waals surface area contributed by atoms with E-state index in [2.05, 4.69) is 4.90 Å². The number of hydrogen-bond donors (Lipinski definition) is 1. The lowest BCUT2D eigenvalue weighted by atomic mass is 9.94. The summed E-state index contributed by atoms with van der Waals surface area (Å²) in [4.78, 5) is 13.3. The minimum absolute atomic E-state index is 0.171. The number of alkyl halides is 3. The molecule has 1 fully saturated rings. The summed E-state index contributed by atoms with van der Waals surface area (Å²) in [6.45, 7) is 3.14. The molecular formula is C22H24F3NO3. The van der Waals surface area contributed by atoms with Crippen LogP contribution in [0.25, 0.3) is 11.1 Å². The van der Waals surface area contributed by atoms with E-state index >= 15 is 0 Å². The number of methoxy groups -OCH3 is 1. The van der Waals surface area contributed by atoms with Crippen molar-refractivity contribution in [1.82, 2.24) is 4.90 Å². The maximum atomic E-state index is 13.3. The first kappa shape index (κ1) is 21.2. The number of aliphatic carboxylic acids is 1. The van der Waals surface area contributed by atoms with Crippen LogP contribution in [0, 0.1) is 0 Å². The molecule has 0 saturated heterocycles. The molecule has 3 rings (SSSR count). The van der Waals surface area contributed by atoms with Crippen LogP contribution in [0.4, 0.5) is 13.2 Å². The van der Waals surface area contributed by atoms with Crippen molar-refractivity contribution in [1.29, 1.82) is 0 Å². The van der Waals surface area contributed by atoms with Crippen LogP contribution in [-0.2, 0) is 23.9 Å². The lowest BCUT2D eigenvalue weighted by Gasteiger charge is -2.23. The molecule has 29 heavy (non-hydrogen) atoms. The molecule has 1 saturated carbocycles. The third kappa shape index (κ3) is 5.09. The van der Waals surface area contributed by atoms with Crippen molar-refractivity contribution in [3.63, 3.8) is 0 Å². The van der Waals surface area contributed by atoms with Gasteiger partial charge in [0.25, 0.3) is 0 Å². The quantitative estimate of drug-likeness (QED) is 0.670. The fraction of sp³-hybridized carbons (Fsp3) is 0.409. The zero-order valence-corrected chi connectivity index (χ0v) is 16.4. The van der Waals surface area contributed by atoms with Gasteiger partial charge < -0.3 is 9.84 Å². The predicted molar refractivity (Wildman–Crippen MR) is 104 cm³/mol. The number of halogens is 3. The summed E-state index contributed by atoms with van der Waals surface area (Å²) < 4.78 is 45.4. The van der Waals surface area contributed by atoms with Gasteiger partial charge in [0.15, 0.2) is 0 Å². The molecule has 0 spiro atoms. The summed E-state index contributed by atoms with van der Waals surface area (Å²) in [5.74, 6) is -0.478. The van der Waals surface area contributed by atoms with E-state index in [1.54, 1.807) is 18.2 Å². The van der Waals surface area contributed by atoms with Crippen molar-refractivity contribution < 1.29 is 27.8 Å². The average Bonchev–Trinajstić information content (AvgIpc) is 3.50. The smallest absolute Gasteiger partial charge is 0.416 e. The van der Waals surface area contributed by atoms with E-state index in [1.807, 2.05) is 6.92 Å². The molecule has 0 atom stereocenters. The monoisotopic (exact) mass is 407 g/mol. The topological polar surface area (TPSA) is 49.8 Å². The maximum Gasteiger partial charge on any atom is 0.416 e. The van der Waals surface area contributed by atoms with Gasteiger partial charge in [0.2, 0.25) is 0 Å². The van der Waals surface area contributed by atoms with Crippen LogP contribution >= 0.6 is 0 Å². The Hall–Kier alpha value is -2.54. The van der Waals surface area contributed by atoms with E-state index in [1.165, 1.54) is 19.2 Å². The van der Waals surface area contributed by atoms with E-state index in [9.17, 15) is 18.0 Å². The largest absolute Gasteiger partial charge is 0.496 e. The predicted octanol–water partition coefficient (Wildman–Crippen LogP) is 4.99. The fourth-order valence-corrected chi connectivity index (χ4v) is 3.57. The summed E-state index contributed by atoms with van der Waals surface area (Å²) in [7, 11) is 1.49. The highest BCUT2D eigenvalue weighted by Gasteiger charge is 2.33. The molecule has 2 aromatic rings. The Morgan fingerprint density at radius 1 is 1.17 bits per heavy atom. The summed E-state index contributed by atoms with van der Waals surface area (Å²) in [6, 6.07) is 9.13. The molecular weight excluding hydrogens is 383 g/mol. The third-order valence-electron chi connectivity index (χ3n) is 5.18. The lowest BCUT2D eigenvalue weighted by molar-refractivity contribution is -0.138. The molecule has 0 amide bonds. The molecule has 1 aliphatic rings. The van der Waals surface area contributed by atoms with E-state index in [0.29, 0.717) is 40.6 Å². The van der Waals surface area contributed by atoms with Gasteiger partial charge in [0.1, 0.15) is 5.75 Å². The Morgan fingerprint density at radius 2 is 1.90 bits per heavy atom. The fourth-order valence-electron chi connectivity index (χ4n) is 3.57. The Bertz CT molecular complexity index is 891. The molecule has 0 radical (unpaired) electrons. The summed E-state index contributed by atoms with van der Waals surface area (Å²) in [5, 5.41) is 9.09. The molecule has 1 N–H and O–H groups in total. The van der Waals surface area contributed by atoms with Gasteiger partial charge in [0.05, 0.1) is 19.1 Å². The molecule has 2 aromatic carbocycles. The zero-order chi connectivity index (χ0) is 21.2. The van der Waals surface area contributed by atoms with Crippen LogP contribution < -0.4 is 4.74 Å².